The quantitative estimate of drug-likeness (QED) is 0.777. The number of hydrogen-bond acceptors (Lipinski definition) is 4. The molecule has 2 N–H and O–H groups in total. The van der Waals surface area contributed by atoms with Crippen molar-refractivity contribution in [1.82, 2.24) is 14.3 Å². The largest absolute Gasteiger partial charge is 0.496 e. The Labute approximate surface area is 154 Å². The van der Waals surface area contributed by atoms with Gasteiger partial charge >= 0.3 is 0 Å². The molecular formula is C21H26N4O. The molecule has 1 atom stereocenters. The van der Waals surface area contributed by atoms with Crippen LogP contribution in [0.3, 0.4) is 0 Å². The Morgan fingerprint density at radius 1 is 1.23 bits per heavy atom. The van der Waals surface area contributed by atoms with Crippen molar-refractivity contribution in [3.63, 3.8) is 0 Å². The number of methoxy groups -OCH3 is 1. The van der Waals surface area contributed by atoms with Crippen LogP contribution >= 0.6 is 0 Å². The lowest BCUT2D eigenvalue weighted by atomic mass is 10.00. The molecule has 0 spiro atoms. The molecule has 3 heterocycles. The Balaban J connectivity index is 1.84. The zero-order valence-electron chi connectivity index (χ0n) is 15.5. The maximum atomic E-state index is 6.07. The van der Waals surface area contributed by atoms with Crippen molar-refractivity contribution < 1.29 is 4.74 Å². The van der Waals surface area contributed by atoms with E-state index in [0.717, 1.165) is 53.9 Å². The number of pyridine rings is 1. The highest BCUT2D eigenvalue weighted by atomic mass is 16.5. The van der Waals surface area contributed by atoms with Crippen LogP contribution in [0.15, 0.2) is 42.6 Å². The number of nitrogen functional groups attached to an aromatic ring is 1. The van der Waals surface area contributed by atoms with E-state index in [0.29, 0.717) is 0 Å². The monoisotopic (exact) mass is 350 g/mol. The summed E-state index contributed by atoms with van der Waals surface area (Å²) in [6.07, 6.45) is 4.55. The van der Waals surface area contributed by atoms with Crippen LogP contribution < -0.4 is 10.5 Å². The molecule has 0 radical (unpaired) electrons. The van der Waals surface area contributed by atoms with Gasteiger partial charge in [0.25, 0.3) is 0 Å². The molecule has 1 saturated heterocycles. The number of para-hydroxylation sites is 1. The Morgan fingerprint density at radius 2 is 2.08 bits per heavy atom. The number of anilines is 1. The molecule has 0 bridgehead atoms. The van der Waals surface area contributed by atoms with Crippen molar-refractivity contribution >= 4 is 11.3 Å². The first-order valence-corrected chi connectivity index (χ1v) is 9.28. The summed E-state index contributed by atoms with van der Waals surface area (Å²) in [5, 5.41) is 0. The van der Waals surface area contributed by atoms with Crippen LogP contribution in [0.5, 0.6) is 5.75 Å². The molecule has 5 heteroatoms. The standard InChI is InChI=1S/C21H26N4O/c1-15-6-5-11-24(12-15)14-18-21(17-7-3-4-8-19(17)26-2)23-20-10-9-16(22)13-25(18)20/h3-4,7-10,13,15H,5-6,11-12,14,22H2,1-2H3. The first-order valence-electron chi connectivity index (χ1n) is 9.28. The van der Waals surface area contributed by atoms with Crippen LogP contribution in [0, 0.1) is 5.92 Å². The van der Waals surface area contributed by atoms with E-state index in [2.05, 4.69) is 22.3 Å². The molecule has 1 aliphatic rings. The number of likely N-dealkylation sites (tertiary alicyclic amines) is 1. The minimum absolute atomic E-state index is 0.739. The number of nitrogens with zero attached hydrogens (tertiary/aromatic N) is 3. The fraction of sp³-hybridized carbons (Fsp3) is 0.381. The van der Waals surface area contributed by atoms with E-state index in [1.807, 2.05) is 36.5 Å². The molecule has 136 valence electrons. The number of ether oxygens (including phenoxy) is 1. The van der Waals surface area contributed by atoms with E-state index < -0.39 is 0 Å². The summed E-state index contributed by atoms with van der Waals surface area (Å²) in [4.78, 5) is 7.45. The van der Waals surface area contributed by atoms with Crippen LogP contribution in [-0.4, -0.2) is 34.5 Å². The molecule has 1 unspecified atom stereocenters. The van der Waals surface area contributed by atoms with E-state index in [1.165, 1.54) is 18.5 Å². The lowest BCUT2D eigenvalue weighted by molar-refractivity contribution is 0.174. The number of rotatable bonds is 4. The van der Waals surface area contributed by atoms with Gasteiger partial charge in [-0.05, 0) is 49.6 Å². The van der Waals surface area contributed by atoms with Crippen molar-refractivity contribution in [2.45, 2.75) is 26.3 Å². The number of nitrogens with two attached hydrogens (primary N) is 1. The number of piperidine rings is 1. The normalized spacial score (nSPS) is 18.3. The van der Waals surface area contributed by atoms with Crippen LogP contribution in [0.1, 0.15) is 25.5 Å². The van der Waals surface area contributed by atoms with Crippen LogP contribution in [0.4, 0.5) is 5.69 Å². The Hall–Kier alpha value is -2.53. The minimum Gasteiger partial charge on any atom is -0.496 e. The van der Waals surface area contributed by atoms with Crippen molar-refractivity contribution in [1.29, 1.82) is 0 Å². The van der Waals surface area contributed by atoms with Gasteiger partial charge in [-0.3, -0.25) is 4.90 Å². The zero-order chi connectivity index (χ0) is 18.1. The van der Waals surface area contributed by atoms with E-state index >= 15 is 0 Å². The first kappa shape index (κ1) is 16.9. The highest BCUT2D eigenvalue weighted by Crippen LogP contribution is 2.33. The van der Waals surface area contributed by atoms with Gasteiger partial charge in [-0.25, -0.2) is 4.98 Å². The second-order valence-electron chi connectivity index (χ2n) is 7.28. The van der Waals surface area contributed by atoms with Gasteiger partial charge in [0.1, 0.15) is 11.4 Å². The SMILES string of the molecule is COc1ccccc1-c1nc2ccc(N)cn2c1CN1CCCC(C)C1. The third-order valence-electron chi connectivity index (χ3n) is 5.22. The molecule has 0 aliphatic carbocycles. The van der Waals surface area contributed by atoms with Crippen molar-refractivity contribution in [2.75, 3.05) is 25.9 Å². The molecule has 0 amide bonds. The van der Waals surface area contributed by atoms with Crippen LogP contribution in [0.2, 0.25) is 0 Å². The van der Waals surface area contributed by atoms with Crippen LogP contribution in [0.25, 0.3) is 16.9 Å². The topological polar surface area (TPSA) is 55.8 Å². The fourth-order valence-electron chi connectivity index (χ4n) is 3.96. The van der Waals surface area contributed by atoms with Gasteiger partial charge in [-0.2, -0.15) is 0 Å². The van der Waals surface area contributed by atoms with Gasteiger partial charge in [0, 0.05) is 30.5 Å². The predicted octanol–water partition coefficient (Wildman–Crippen LogP) is 3.82. The second-order valence-corrected chi connectivity index (χ2v) is 7.28. The molecule has 26 heavy (non-hydrogen) atoms. The molecule has 5 nitrogen and oxygen atoms in total. The third-order valence-corrected chi connectivity index (χ3v) is 5.22. The van der Waals surface area contributed by atoms with Gasteiger partial charge < -0.3 is 14.9 Å². The summed E-state index contributed by atoms with van der Waals surface area (Å²) in [6, 6.07) is 12.0. The molecule has 3 aromatic rings. The summed E-state index contributed by atoms with van der Waals surface area (Å²) in [5.41, 5.74) is 10.9. The summed E-state index contributed by atoms with van der Waals surface area (Å²) in [6.45, 7) is 5.45. The second kappa shape index (κ2) is 7.00. The lowest BCUT2D eigenvalue weighted by Gasteiger charge is -2.30. The molecule has 4 rings (SSSR count). The van der Waals surface area contributed by atoms with E-state index in [1.54, 1.807) is 7.11 Å². The molecule has 2 aromatic heterocycles. The van der Waals surface area contributed by atoms with Crippen molar-refractivity contribution in [2.24, 2.45) is 5.92 Å². The average molecular weight is 350 g/mol. The minimum atomic E-state index is 0.739. The Morgan fingerprint density at radius 3 is 2.88 bits per heavy atom. The molecule has 1 aromatic carbocycles. The maximum Gasteiger partial charge on any atom is 0.137 e. The van der Waals surface area contributed by atoms with Gasteiger partial charge in [-0.15, -0.1) is 0 Å². The number of aromatic nitrogens is 2. The van der Waals surface area contributed by atoms with Gasteiger partial charge in [0.15, 0.2) is 0 Å². The summed E-state index contributed by atoms with van der Waals surface area (Å²) in [5.74, 6) is 1.58. The summed E-state index contributed by atoms with van der Waals surface area (Å²) >= 11 is 0. The molecule has 1 fully saturated rings. The van der Waals surface area contributed by atoms with E-state index in [-0.39, 0.29) is 0 Å². The molecule has 1 aliphatic heterocycles. The predicted molar refractivity (Wildman–Crippen MR) is 105 cm³/mol. The third kappa shape index (κ3) is 3.15. The van der Waals surface area contributed by atoms with Crippen molar-refractivity contribution in [3.8, 4) is 17.0 Å². The highest BCUT2D eigenvalue weighted by molar-refractivity contribution is 5.72. The van der Waals surface area contributed by atoms with E-state index in [4.69, 9.17) is 15.5 Å². The smallest absolute Gasteiger partial charge is 0.137 e. The number of imidazole rings is 1. The fourth-order valence-corrected chi connectivity index (χ4v) is 3.96. The highest BCUT2D eigenvalue weighted by Gasteiger charge is 2.22. The Kier molecular flexibility index (Phi) is 4.55. The number of fused-ring (bicyclic) bond motifs is 1. The van der Waals surface area contributed by atoms with Crippen molar-refractivity contribution in [3.05, 3.63) is 48.3 Å². The van der Waals surface area contributed by atoms with E-state index in [9.17, 15) is 0 Å². The first-order chi connectivity index (χ1) is 12.7. The molecule has 0 saturated carbocycles. The number of hydrogen-bond donors (Lipinski definition) is 1. The molecular weight excluding hydrogens is 324 g/mol. The maximum absolute atomic E-state index is 6.07. The zero-order valence-corrected chi connectivity index (χ0v) is 15.5. The Bertz CT molecular complexity index is 918. The summed E-state index contributed by atoms with van der Waals surface area (Å²) < 4.78 is 7.73. The van der Waals surface area contributed by atoms with Gasteiger partial charge in [0.05, 0.1) is 18.5 Å². The van der Waals surface area contributed by atoms with Gasteiger partial charge in [0.2, 0.25) is 0 Å². The van der Waals surface area contributed by atoms with Gasteiger partial charge in [-0.1, -0.05) is 19.1 Å². The average Bonchev–Trinajstić information content (AvgIpc) is 2.99. The number of benzene rings is 1. The van der Waals surface area contributed by atoms with Crippen LogP contribution in [-0.2, 0) is 6.54 Å². The summed E-state index contributed by atoms with van der Waals surface area (Å²) in [7, 11) is 1.71. The lowest BCUT2D eigenvalue weighted by Crippen LogP contribution is -2.34.